The van der Waals surface area contributed by atoms with Crippen molar-refractivity contribution in [1.29, 1.82) is 0 Å². The fraction of sp³-hybridized carbons (Fsp3) is 0.333. The third kappa shape index (κ3) is 6.09. The minimum Gasteiger partial charge on any atom is -0.406 e. The molecule has 1 N–H and O–H groups in total. The molecule has 1 heterocycles. The topological polar surface area (TPSA) is 53.9 Å². The molecule has 2 aromatic rings. The molecule has 2 aromatic carbocycles. The quantitative estimate of drug-likeness (QED) is 0.433. The second-order valence-electron chi connectivity index (χ2n) is 7.69. The lowest BCUT2D eigenvalue weighted by Crippen LogP contribution is -2.37. The van der Waals surface area contributed by atoms with Crippen LogP contribution in [0.4, 0.5) is 36.8 Å². The maximum atomic E-state index is 13.1. The molecule has 0 spiro atoms. The SMILES string of the molecule is CSCC1(C)CN(C(=O)Nc2ccc(OC(F)(F)F)cc2)N=C1c1ccc(C(F)(F)F)c(Cl)c1. The normalized spacial score (nSPS) is 18.6. The highest BCUT2D eigenvalue weighted by molar-refractivity contribution is 7.98. The van der Waals surface area contributed by atoms with Crippen LogP contribution in [0.5, 0.6) is 5.75 Å². The first-order valence-corrected chi connectivity index (χ1v) is 11.4. The highest BCUT2D eigenvalue weighted by Gasteiger charge is 2.42. The fourth-order valence-corrected chi connectivity index (χ4v) is 4.61. The van der Waals surface area contributed by atoms with Crippen molar-refractivity contribution >= 4 is 40.8 Å². The lowest BCUT2D eigenvalue weighted by molar-refractivity contribution is -0.274. The van der Waals surface area contributed by atoms with Crippen LogP contribution in [0.2, 0.25) is 5.02 Å². The smallest absolute Gasteiger partial charge is 0.406 e. The molecule has 1 aliphatic rings. The molecule has 2 amide bonds. The number of nitrogens with one attached hydrogen (secondary N) is 1. The Kier molecular flexibility index (Phi) is 7.32. The minimum absolute atomic E-state index is 0.128. The Morgan fingerprint density at radius 3 is 2.35 bits per heavy atom. The summed E-state index contributed by atoms with van der Waals surface area (Å²) in [7, 11) is 0. The van der Waals surface area contributed by atoms with E-state index in [0.29, 0.717) is 17.0 Å². The second-order valence-corrected chi connectivity index (χ2v) is 8.97. The van der Waals surface area contributed by atoms with Crippen molar-refractivity contribution in [1.82, 2.24) is 5.01 Å². The number of carbonyl (C=O) groups excluding carboxylic acids is 1. The van der Waals surface area contributed by atoms with Gasteiger partial charge < -0.3 is 10.1 Å². The van der Waals surface area contributed by atoms with E-state index in [4.69, 9.17) is 11.6 Å². The maximum absolute atomic E-state index is 13.1. The molecular weight excluding hydrogens is 508 g/mol. The van der Waals surface area contributed by atoms with Crippen molar-refractivity contribution in [3.05, 3.63) is 58.6 Å². The zero-order valence-corrected chi connectivity index (χ0v) is 19.3. The number of nitrogens with zero attached hydrogens (tertiary/aromatic N) is 2. The first kappa shape index (κ1) is 26.0. The van der Waals surface area contributed by atoms with Crippen LogP contribution in [0.3, 0.4) is 0 Å². The van der Waals surface area contributed by atoms with Gasteiger partial charge in [-0.1, -0.05) is 24.6 Å². The van der Waals surface area contributed by atoms with Crippen LogP contribution < -0.4 is 10.1 Å². The minimum atomic E-state index is -4.84. The first-order chi connectivity index (χ1) is 15.7. The van der Waals surface area contributed by atoms with Crippen molar-refractivity contribution in [2.75, 3.05) is 23.9 Å². The van der Waals surface area contributed by atoms with Gasteiger partial charge in [0.2, 0.25) is 0 Å². The number of amides is 2. The molecule has 0 aliphatic carbocycles. The molecule has 0 saturated heterocycles. The summed E-state index contributed by atoms with van der Waals surface area (Å²) in [4.78, 5) is 12.8. The standard InChI is InChI=1S/C21H18ClF6N3O2S/c1-19(11-34-2)10-31(18(32)29-13-4-6-14(7-5-13)33-21(26,27)28)30-17(19)12-3-8-15(16(22)9-12)20(23,24)25/h3-9H,10-11H2,1-2H3,(H,29,32). The predicted octanol–water partition coefficient (Wildman–Crippen LogP) is 6.88. The van der Waals surface area contributed by atoms with Crippen molar-refractivity contribution in [2.45, 2.75) is 19.5 Å². The number of hydrogen-bond donors (Lipinski definition) is 1. The van der Waals surface area contributed by atoms with E-state index >= 15 is 0 Å². The van der Waals surface area contributed by atoms with E-state index in [2.05, 4.69) is 15.2 Å². The number of anilines is 1. The number of hydrogen-bond acceptors (Lipinski definition) is 4. The van der Waals surface area contributed by atoms with Gasteiger partial charge in [-0.05, 0) is 48.2 Å². The van der Waals surface area contributed by atoms with E-state index in [0.717, 1.165) is 23.2 Å². The molecule has 3 rings (SSSR count). The van der Waals surface area contributed by atoms with Gasteiger partial charge in [-0.3, -0.25) is 0 Å². The van der Waals surface area contributed by atoms with E-state index < -0.39 is 40.3 Å². The lowest BCUT2D eigenvalue weighted by Gasteiger charge is -2.25. The second kappa shape index (κ2) is 9.57. The summed E-state index contributed by atoms with van der Waals surface area (Å²) in [5.41, 5.74) is -0.729. The largest absolute Gasteiger partial charge is 0.573 e. The molecule has 184 valence electrons. The summed E-state index contributed by atoms with van der Waals surface area (Å²) in [5.74, 6) is 0.0660. The summed E-state index contributed by atoms with van der Waals surface area (Å²) in [6.45, 7) is 1.95. The van der Waals surface area contributed by atoms with Crippen molar-refractivity contribution in [3.63, 3.8) is 0 Å². The number of carbonyl (C=O) groups is 1. The maximum Gasteiger partial charge on any atom is 0.573 e. The molecule has 0 fully saturated rings. The summed E-state index contributed by atoms with van der Waals surface area (Å²) in [6.07, 6.45) is -7.60. The number of urea groups is 1. The average Bonchev–Trinajstić information content (AvgIpc) is 3.05. The number of ether oxygens (including phenoxy) is 1. The first-order valence-electron chi connectivity index (χ1n) is 9.61. The van der Waals surface area contributed by atoms with Crippen LogP contribution in [-0.4, -0.2) is 41.7 Å². The molecule has 0 radical (unpaired) electrons. The molecule has 0 bridgehead atoms. The number of rotatable bonds is 5. The Morgan fingerprint density at radius 2 is 1.82 bits per heavy atom. The molecule has 5 nitrogen and oxygen atoms in total. The lowest BCUT2D eigenvalue weighted by atomic mass is 9.84. The van der Waals surface area contributed by atoms with Gasteiger partial charge in [0.15, 0.2) is 0 Å². The van der Waals surface area contributed by atoms with Gasteiger partial charge in [0, 0.05) is 16.9 Å². The van der Waals surface area contributed by atoms with Crippen LogP contribution in [0.15, 0.2) is 47.6 Å². The number of thioether (sulfide) groups is 1. The summed E-state index contributed by atoms with van der Waals surface area (Å²) in [5, 5.41) is 7.50. The number of hydrazone groups is 1. The summed E-state index contributed by atoms with van der Waals surface area (Å²) < 4.78 is 79.9. The predicted molar refractivity (Wildman–Crippen MR) is 118 cm³/mol. The Morgan fingerprint density at radius 1 is 1.18 bits per heavy atom. The van der Waals surface area contributed by atoms with Crippen molar-refractivity contribution < 1.29 is 35.9 Å². The fourth-order valence-electron chi connectivity index (χ4n) is 3.46. The van der Waals surface area contributed by atoms with Crippen LogP contribution in [0, 0.1) is 5.41 Å². The van der Waals surface area contributed by atoms with E-state index in [9.17, 15) is 31.1 Å². The zero-order chi connectivity index (χ0) is 25.3. The highest BCUT2D eigenvalue weighted by atomic mass is 35.5. The molecular formula is C21H18ClF6N3O2S. The Balaban J connectivity index is 1.83. The Labute approximate surface area is 200 Å². The van der Waals surface area contributed by atoms with Gasteiger partial charge in [0.25, 0.3) is 0 Å². The van der Waals surface area contributed by atoms with Gasteiger partial charge in [0.1, 0.15) is 5.75 Å². The van der Waals surface area contributed by atoms with Crippen LogP contribution in [0.25, 0.3) is 0 Å². The summed E-state index contributed by atoms with van der Waals surface area (Å²) >= 11 is 7.34. The zero-order valence-electron chi connectivity index (χ0n) is 17.7. The van der Waals surface area contributed by atoms with E-state index in [1.54, 1.807) is 0 Å². The van der Waals surface area contributed by atoms with Crippen LogP contribution >= 0.6 is 23.4 Å². The highest BCUT2D eigenvalue weighted by Crippen LogP contribution is 2.38. The number of benzene rings is 2. The Hall–Kier alpha value is -2.60. The van der Waals surface area contributed by atoms with Crippen LogP contribution in [0.1, 0.15) is 18.1 Å². The van der Waals surface area contributed by atoms with Gasteiger partial charge >= 0.3 is 18.6 Å². The van der Waals surface area contributed by atoms with Gasteiger partial charge in [-0.2, -0.15) is 30.0 Å². The average molecular weight is 526 g/mol. The third-order valence-corrected chi connectivity index (χ3v) is 6.11. The number of alkyl halides is 6. The monoisotopic (exact) mass is 525 g/mol. The number of halogens is 7. The van der Waals surface area contributed by atoms with Crippen molar-refractivity contribution in [2.24, 2.45) is 10.5 Å². The third-order valence-electron chi connectivity index (χ3n) is 4.88. The van der Waals surface area contributed by atoms with Crippen LogP contribution in [-0.2, 0) is 6.18 Å². The van der Waals surface area contributed by atoms with Gasteiger partial charge in [-0.25, -0.2) is 9.80 Å². The van der Waals surface area contributed by atoms with E-state index in [1.807, 2.05) is 13.2 Å². The van der Waals surface area contributed by atoms with E-state index in [1.165, 1.54) is 36.0 Å². The van der Waals surface area contributed by atoms with E-state index in [-0.39, 0.29) is 12.2 Å². The molecule has 1 atom stereocenters. The van der Waals surface area contributed by atoms with Gasteiger partial charge in [-0.15, -0.1) is 13.2 Å². The van der Waals surface area contributed by atoms with Gasteiger partial charge in [0.05, 0.1) is 22.8 Å². The molecule has 0 aromatic heterocycles. The molecule has 0 saturated carbocycles. The summed E-state index contributed by atoms with van der Waals surface area (Å²) in [6, 6.07) is 7.19. The molecule has 1 unspecified atom stereocenters. The molecule has 1 aliphatic heterocycles. The molecule has 13 heteroatoms. The van der Waals surface area contributed by atoms with Crippen molar-refractivity contribution in [3.8, 4) is 5.75 Å². The molecule has 34 heavy (non-hydrogen) atoms. The Bertz CT molecular complexity index is 1090.